The van der Waals surface area contributed by atoms with Crippen molar-refractivity contribution in [3.05, 3.63) is 97.2 Å². The summed E-state index contributed by atoms with van der Waals surface area (Å²) < 4.78 is 33.0. The van der Waals surface area contributed by atoms with Gasteiger partial charge in [0.2, 0.25) is 0 Å². The van der Waals surface area contributed by atoms with Gasteiger partial charge in [-0.25, -0.2) is 4.57 Å². The van der Waals surface area contributed by atoms with Crippen LogP contribution in [0.15, 0.2) is 97.2 Å². The second-order valence-corrected chi connectivity index (χ2v) is 13.4. The molecule has 0 spiro atoms. The average Bonchev–Trinajstić information content (AvgIpc) is 3.12. The molecular formula is C42H68NO8P. The fourth-order valence-corrected chi connectivity index (χ4v) is 5.11. The largest absolute Gasteiger partial charge is 0.472 e. The molecule has 0 aromatic carbocycles. The van der Waals surface area contributed by atoms with E-state index in [1.807, 2.05) is 0 Å². The predicted octanol–water partition coefficient (Wildman–Crippen LogP) is 10.5. The standard InChI is InChI=1S/C42H68NO8P/c1-4-6-8-10-12-14-16-18-20-22-24-26-28-30-32-34-41(44)48-38-40(39-50-52(46,47)49-37-36-43-3)51-42(45)35-33-31-29-27-25-23-21-19-17-15-13-11-9-7-5-2/h6-9,12-15,18-21,24-27,40,43H,4-5,10-11,16-17,22-23,28-39H2,1-3H3,(H,46,47)/b8-6-,9-7-,14-12-,15-13-,20-18-,21-19-,26-24-,27-25-. The molecule has 2 atom stereocenters. The predicted molar refractivity (Wildman–Crippen MR) is 215 cm³/mol. The molecule has 0 aromatic rings. The van der Waals surface area contributed by atoms with Gasteiger partial charge in [-0.1, -0.05) is 111 Å². The Bertz CT molecular complexity index is 1170. The van der Waals surface area contributed by atoms with Crippen LogP contribution in [0.2, 0.25) is 0 Å². The molecule has 0 bridgehead atoms. The van der Waals surface area contributed by atoms with Crippen LogP contribution < -0.4 is 5.32 Å². The Labute approximate surface area is 315 Å². The topological polar surface area (TPSA) is 120 Å². The number of ether oxygens (including phenoxy) is 2. The molecule has 0 aliphatic carbocycles. The van der Waals surface area contributed by atoms with Crippen LogP contribution in [0.1, 0.15) is 117 Å². The smallest absolute Gasteiger partial charge is 0.462 e. The van der Waals surface area contributed by atoms with Crippen molar-refractivity contribution < 1.29 is 37.6 Å². The van der Waals surface area contributed by atoms with Gasteiger partial charge in [0.05, 0.1) is 13.2 Å². The monoisotopic (exact) mass is 745 g/mol. The molecule has 0 aromatic heterocycles. The Morgan fingerprint density at radius 2 is 1.02 bits per heavy atom. The van der Waals surface area contributed by atoms with Crippen LogP contribution in [0.3, 0.4) is 0 Å². The highest BCUT2D eigenvalue weighted by molar-refractivity contribution is 7.47. The van der Waals surface area contributed by atoms with Crippen LogP contribution in [-0.4, -0.2) is 56.3 Å². The van der Waals surface area contributed by atoms with E-state index in [1.54, 1.807) is 7.05 Å². The molecule has 0 heterocycles. The lowest BCUT2D eigenvalue weighted by Crippen LogP contribution is -2.29. The molecule has 0 saturated heterocycles. The van der Waals surface area contributed by atoms with Gasteiger partial charge in [0.25, 0.3) is 0 Å². The third-order valence-corrected chi connectivity index (χ3v) is 8.18. The van der Waals surface area contributed by atoms with Crippen LogP contribution >= 0.6 is 7.82 Å². The first kappa shape index (κ1) is 48.9. The maximum absolute atomic E-state index is 12.6. The molecule has 0 amide bonds. The van der Waals surface area contributed by atoms with Crippen LogP contribution in [0.4, 0.5) is 0 Å². The number of carbonyl (C=O) groups is 2. The van der Waals surface area contributed by atoms with E-state index in [4.69, 9.17) is 18.5 Å². The van der Waals surface area contributed by atoms with E-state index < -0.39 is 32.5 Å². The molecular weight excluding hydrogens is 677 g/mol. The maximum Gasteiger partial charge on any atom is 0.472 e. The van der Waals surface area contributed by atoms with Gasteiger partial charge in [0.15, 0.2) is 6.10 Å². The van der Waals surface area contributed by atoms with Gasteiger partial charge in [0.1, 0.15) is 6.61 Å². The van der Waals surface area contributed by atoms with E-state index in [1.165, 1.54) is 0 Å². The van der Waals surface area contributed by atoms with Crippen molar-refractivity contribution in [1.29, 1.82) is 0 Å². The van der Waals surface area contributed by atoms with Crippen molar-refractivity contribution in [3.63, 3.8) is 0 Å². The molecule has 0 radical (unpaired) electrons. The van der Waals surface area contributed by atoms with Crippen molar-refractivity contribution in [1.82, 2.24) is 5.32 Å². The molecule has 0 fully saturated rings. The third kappa shape index (κ3) is 36.7. The molecule has 9 nitrogen and oxygen atoms in total. The second-order valence-electron chi connectivity index (χ2n) is 12.0. The molecule has 10 heteroatoms. The van der Waals surface area contributed by atoms with Crippen LogP contribution in [0.5, 0.6) is 0 Å². The van der Waals surface area contributed by atoms with Gasteiger partial charge in [0, 0.05) is 19.4 Å². The number of carbonyl (C=O) groups excluding carboxylic acids is 2. The first-order valence-corrected chi connectivity index (χ1v) is 20.7. The quantitative estimate of drug-likeness (QED) is 0.0287. The number of nitrogens with one attached hydrogen (secondary N) is 1. The summed E-state index contributed by atoms with van der Waals surface area (Å²) in [7, 11) is -2.69. The zero-order chi connectivity index (χ0) is 38.2. The van der Waals surface area contributed by atoms with Gasteiger partial charge in [-0.05, 0) is 96.9 Å². The summed E-state index contributed by atoms with van der Waals surface area (Å²) in [5.41, 5.74) is 0. The van der Waals surface area contributed by atoms with E-state index >= 15 is 0 Å². The molecule has 52 heavy (non-hydrogen) atoms. The fraction of sp³-hybridized carbons (Fsp3) is 0.571. The fourth-order valence-electron chi connectivity index (χ4n) is 4.35. The molecule has 294 valence electrons. The number of hydrogen-bond acceptors (Lipinski definition) is 8. The van der Waals surface area contributed by atoms with E-state index in [9.17, 15) is 19.0 Å². The van der Waals surface area contributed by atoms with Gasteiger partial charge in [-0.15, -0.1) is 0 Å². The Hall–Kier alpha value is -3.07. The van der Waals surface area contributed by atoms with E-state index in [0.717, 1.165) is 77.0 Å². The van der Waals surface area contributed by atoms with E-state index in [0.29, 0.717) is 19.4 Å². The summed E-state index contributed by atoms with van der Waals surface area (Å²) >= 11 is 0. The Kier molecular flexibility index (Phi) is 35.5. The van der Waals surface area contributed by atoms with Crippen LogP contribution in [-0.2, 0) is 32.7 Å². The van der Waals surface area contributed by atoms with E-state index in [-0.39, 0.29) is 26.1 Å². The summed E-state index contributed by atoms with van der Waals surface area (Å²) in [6.07, 6.45) is 46.0. The Morgan fingerprint density at radius 3 is 1.46 bits per heavy atom. The Balaban J connectivity index is 4.47. The Morgan fingerprint density at radius 1 is 0.596 bits per heavy atom. The number of unbranched alkanes of at least 4 members (excludes halogenated alkanes) is 4. The highest BCUT2D eigenvalue weighted by atomic mass is 31.2. The molecule has 2 N–H and O–H groups in total. The molecule has 0 aliphatic rings. The number of allylic oxidation sites excluding steroid dienone is 16. The highest BCUT2D eigenvalue weighted by Gasteiger charge is 2.26. The zero-order valence-electron chi connectivity index (χ0n) is 32.2. The van der Waals surface area contributed by atoms with Gasteiger partial charge in [-0.2, -0.15) is 0 Å². The summed E-state index contributed by atoms with van der Waals surface area (Å²) in [6, 6.07) is 0. The van der Waals surface area contributed by atoms with Crippen molar-refractivity contribution in [3.8, 4) is 0 Å². The first-order valence-electron chi connectivity index (χ1n) is 19.2. The molecule has 2 unspecified atom stereocenters. The molecule has 0 rings (SSSR count). The SMILES string of the molecule is CC/C=C\C/C=C\C/C=C\C/C=C\CCCCC(=O)OCC(COP(=O)(O)OCCNC)OC(=O)CCCC/C=C\C/C=C\C/C=C\C/C=C\CC. The van der Waals surface area contributed by atoms with Crippen molar-refractivity contribution >= 4 is 19.8 Å². The molecule has 0 saturated carbocycles. The second kappa shape index (κ2) is 37.7. The third-order valence-electron chi connectivity index (χ3n) is 7.20. The van der Waals surface area contributed by atoms with Crippen LogP contribution in [0, 0.1) is 0 Å². The van der Waals surface area contributed by atoms with Gasteiger partial charge in [-0.3, -0.25) is 18.6 Å². The lowest BCUT2D eigenvalue weighted by molar-refractivity contribution is -0.161. The van der Waals surface area contributed by atoms with Crippen molar-refractivity contribution in [2.45, 2.75) is 123 Å². The van der Waals surface area contributed by atoms with Crippen LogP contribution in [0.25, 0.3) is 0 Å². The minimum Gasteiger partial charge on any atom is -0.462 e. The number of phosphoric acid groups is 1. The lowest BCUT2D eigenvalue weighted by atomic mass is 10.1. The van der Waals surface area contributed by atoms with Crippen molar-refractivity contribution in [2.75, 3.05) is 33.4 Å². The summed E-state index contributed by atoms with van der Waals surface area (Å²) in [5.74, 6) is -0.918. The number of likely N-dealkylation sites (N-methyl/N-ethyl adjacent to an activating group) is 1. The number of hydrogen-bond donors (Lipinski definition) is 2. The summed E-state index contributed by atoms with van der Waals surface area (Å²) in [5, 5.41) is 2.81. The normalized spacial score (nSPS) is 14.5. The number of rotatable bonds is 34. The minimum absolute atomic E-state index is 0.0378. The first-order chi connectivity index (χ1) is 25.3. The number of esters is 2. The summed E-state index contributed by atoms with van der Waals surface area (Å²) in [4.78, 5) is 34.9. The maximum atomic E-state index is 12.6. The number of phosphoric ester groups is 1. The zero-order valence-corrected chi connectivity index (χ0v) is 33.1. The summed E-state index contributed by atoms with van der Waals surface area (Å²) in [6.45, 7) is 3.85. The average molecular weight is 746 g/mol. The van der Waals surface area contributed by atoms with Crippen molar-refractivity contribution in [2.24, 2.45) is 0 Å². The van der Waals surface area contributed by atoms with E-state index in [2.05, 4.69) is 116 Å². The highest BCUT2D eigenvalue weighted by Crippen LogP contribution is 2.43. The minimum atomic E-state index is -4.37. The van der Waals surface area contributed by atoms with Gasteiger partial charge >= 0.3 is 19.8 Å². The lowest BCUT2D eigenvalue weighted by Gasteiger charge is -2.20. The van der Waals surface area contributed by atoms with Gasteiger partial charge < -0.3 is 19.7 Å². The molecule has 0 aliphatic heterocycles.